The molecule has 1 aliphatic heterocycles. The monoisotopic (exact) mass is 199 g/mol. The topological polar surface area (TPSA) is 57.6 Å². The molecule has 80 valence electrons. The Labute approximate surface area is 83.9 Å². The van der Waals surface area contributed by atoms with E-state index < -0.39 is 11.9 Å². The molecule has 1 saturated heterocycles. The first-order valence-electron chi connectivity index (χ1n) is 4.87. The molecule has 4 nitrogen and oxygen atoms in total. The van der Waals surface area contributed by atoms with Crippen molar-refractivity contribution < 1.29 is 14.7 Å². The van der Waals surface area contributed by atoms with Crippen LogP contribution in [0.1, 0.15) is 27.2 Å². The molecule has 1 fully saturated rings. The van der Waals surface area contributed by atoms with Crippen LogP contribution in [-0.4, -0.2) is 35.0 Å². The lowest BCUT2D eigenvalue weighted by atomic mass is 9.75. The summed E-state index contributed by atoms with van der Waals surface area (Å²) in [6.45, 7) is 7.38. The molecule has 1 unspecified atom stereocenters. The number of rotatable bonds is 0. The molecule has 1 rings (SSSR count). The summed E-state index contributed by atoms with van der Waals surface area (Å²) in [4.78, 5) is 23.2. The van der Waals surface area contributed by atoms with E-state index in [2.05, 4.69) is 20.8 Å². The fourth-order valence-corrected chi connectivity index (χ4v) is 1.78. The van der Waals surface area contributed by atoms with Crippen molar-refractivity contribution in [3.05, 3.63) is 0 Å². The lowest BCUT2D eigenvalue weighted by molar-refractivity contribution is -0.158. The SMILES string of the molecule is CC1CCN(C(=O)C(=O)O)CC1(C)C. The third-order valence-electron chi connectivity index (χ3n) is 3.23. The normalized spacial score (nSPS) is 25.9. The first kappa shape index (κ1) is 11.0. The zero-order chi connectivity index (χ0) is 10.9. The van der Waals surface area contributed by atoms with Crippen LogP contribution < -0.4 is 0 Å². The number of carboxylic acids is 1. The number of aliphatic carboxylic acids is 1. The summed E-state index contributed by atoms with van der Waals surface area (Å²) in [7, 11) is 0. The van der Waals surface area contributed by atoms with E-state index in [9.17, 15) is 9.59 Å². The summed E-state index contributed by atoms with van der Waals surface area (Å²) in [5.74, 6) is -1.60. The van der Waals surface area contributed by atoms with Gasteiger partial charge in [-0.25, -0.2) is 4.79 Å². The average Bonchev–Trinajstić information content (AvgIpc) is 2.08. The minimum atomic E-state index is -1.35. The van der Waals surface area contributed by atoms with E-state index in [1.807, 2.05) is 0 Å². The Hall–Kier alpha value is -1.06. The predicted molar refractivity (Wildman–Crippen MR) is 51.8 cm³/mol. The van der Waals surface area contributed by atoms with Crippen LogP contribution in [0.3, 0.4) is 0 Å². The number of carboxylic acid groups (broad SMARTS) is 1. The number of hydrogen-bond acceptors (Lipinski definition) is 2. The number of piperidine rings is 1. The van der Waals surface area contributed by atoms with Gasteiger partial charge in [-0.3, -0.25) is 4.79 Å². The predicted octanol–water partition coefficient (Wildman–Crippen LogP) is 0.966. The second-order valence-corrected chi connectivity index (χ2v) is 4.71. The first-order chi connectivity index (χ1) is 6.34. The number of nitrogens with zero attached hydrogens (tertiary/aromatic N) is 1. The highest BCUT2D eigenvalue weighted by Gasteiger charge is 2.36. The van der Waals surface area contributed by atoms with E-state index in [0.717, 1.165) is 6.42 Å². The maximum Gasteiger partial charge on any atom is 0.394 e. The Morgan fingerprint density at radius 2 is 2.00 bits per heavy atom. The summed E-state index contributed by atoms with van der Waals surface area (Å²) in [6, 6.07) is 0. The molecule has 0 aromatic carbocycles. The minimum Gasteiger partial charge on any atom is -0.474 e. The largest absolute Gasteiger partial charge is 0.474 e. The van der Waals surface area contributed by atoms with E-state index in [-0.39, 0.29) is 5.41 Å². The van der Waals surface area contributed by atoms with Gasteiger partial charge in [-0.2, -0.15) is 0 Å². The third-order valence-corrected chi connectivity index (χ3v) is 3.23. The van der Waals surface area contributed by atoms with Crippen molar-refractivity contribution in [2.24, 2.45) is 11.3 Å². The number of amides is 1. The molecule has 14 heavy (non-hydrogen) atoms. The molecule has 1 heterocycles. The summed E-state index contributed by atoms with van der Waals surface area (Å²) in [5, 5.41) is 8.58. The quantitative estimate of drug-likeness (QED) is 0.591. The highest BCUT2D eigenvalue weighted by Crippen LogP contribution is 2.34. The first-order valence-corrected chi connectivity index (χ1v) is 4.87. The second kappa shape index (κ2) is 3.59. The molecule has 0 aromatic rings. The minimum absolute atomic E-state index is 0.0172. The third kappa shape index (κ3) is 2.05. The van der Waals surface area contributed by atoms with E-state index in [4.69, 9.17) is 5.11 Å². The Kier molecular flexibility index (Phi) is 2.83. The van der Waals surface area contributed by atoms with E-state index >= 15 is 0 Å². The van der Waals surface area contributed by atoms with Gasteiger partial charge in [-0.1, -0.05) is 20.8 Å². The Balaban J connectivity index is 2.69. The van der Waals surface area contributed by atoms with Gasteiger partial charge in [0.25, 0.3) is 0 Å². The van der Waals surface area contributed by atoms with E-state index in [1.54, 1.807) is 0 Å². The molecule has 1 aliphatic rings. The summed E-state index contributed by atoms with van der Waals surface area (Å²) in [6.07, 6.45) is 0.881. The van der Waals surface area contributed by atoms with E-state index in [1.165, 1.54) is 4.90 Å². The van der Waals surface area contributed by atoms with Crippen molar-refractivity contribution in [3.63, 3.8) is 0 Å². The van der Waals surface area contributed by atoms with Gasteiger partial charge < -0.3 is 10.0 Å². The molecular formula is C10H17NO3. The molecule has 0 aliphatic carbocycles. The standard InChI is InChI=1S/C10H17NO3/c1-7-4-5-11(6-10(7,2)3)8(12)9(13)14/h7H,4-6H2,1-3H3,(H,13,14). The maximum absolute atomic E-state index is 11.2. The van der Waals surface area contributed by atoms with Gasteiger partial charge in [0, 0.05) is 13.1 Å². The van der Waals surface area contributed by atoms with Crippen molar-refractivity contribution in [1.29, 1.82) is 0 Å². The molecule has 0 aromatic heterocycles. The van der Waals surface area contributed by atoms with Crippen LogP contribution in [0.15, 0.2) is 0 Å². The number of likely N-dealkylation sites (tertiary alicyclic amines) is 1. The van der Waals surface area contributed by atoms with Crippen LogP contribution in [0.25, 0.3) is 0 Å². The van der Waals surface area contributed by atoms with Crippen LogP contribution in [0.2, 0.25) is 0 Å². The highest BCUT2D eigenvalue weighted by molar-refractivity contribution is 6.31. The van der Waals surface area contributed by atoms with Crippen molar-refractivity contribution in [1.82, 2.24) is 4.90 Å². The lowest BCUT2D eigenvalue weighted by Gasteiger charge is -2.42. The zero-order valence-corrected chi connectivity index (χ0v) is 8.91. The summed E-state index contributed by atoms with van der Waals surface area (Å²) in [5.41, 5.74) is 0.0172. The lowest BCUT2D eigenvalue weighted by Crippen LogP contribution is -2.49. The van der Waals surface area contributed by atoms with Crippen LogP contribution in [0.4, 0.5) is 0 Å². The molecule has 0 saturated carbocycles. The van der Waals surface area contributed by atoms with Crippen LogP contribution in [0, 0.1) is 11.3 Å². The van der Waals surface area contributed by atoms with Gasteiger partial charge in [0.1, 0.15) is 0 Å². The Bertz CT molecular complexity index is 260. The van der Waals surface area contributed by atoms with Gasteiger partial charge in [0.2, 0.25) is 0 Å². The van der Waals surface area contributed by atoms with Gasteiger partial charge in [0.05, 0.1) is 0 Å². The van der Waals surface area contributed by atoms with Crippen molar-refractivity contribution >= 4 is 11.9 Å². The second-order valence-electron chi connectivity index (χ2n) is 4.71. The summed E-state index contributed by atoms with van der Waals surface area (Å²) >= 11 is 0. The average molecular weight is 199 g/mol. The molecule has 1 atom stereocenters. The van der Waals surface area contributed by atoms with Gasteiger partial charge in [0.15, 0.2) is 0 Å². The number of carbonyl (C=O) groups is 2. The number of carbonyl (C=O) groups excluding carboxylic acids is 1. The van der Waals surface area contributed by atoms with Gasteiger partial charge in [-0.15, -0.1) is 0 Å². The molecule has 4 heteroatoms. The smallest absolute Gasteiger partial charge is 0.394 e. The fraction of sp³-hybridized carbons (Fsp3) is 0.800. The molecule has 0 spiro atoms. The van der Waals surface area contributed by atoms with Crippen molar-refractivity contribution in [2.45, 2.75) is 27.2 Å². The van der Waals surface area contributed by atoms with E-state index in [0.29, 0.717) is 19.0 Å². The fourth-order valence-electron chi connectivity index (χ4n) is 1.78. The van der Waals surface area contributed by atoms with Crippen molar-refractivity contribution in [3.8, 4) is 0 Å². The highest BCUT2D eigenvalue weighted by atomic mass is 16.4. The van der Waals surface area contributed by atoms with Crippen LogP contribution in [-0.2, 0) is 9.59 Å². The van der Waals surface area contributed by atoms with Crippen LogP contribution in [0.5, 0.6) is 0 Å². The Morgan fingerprint density at radius 3 is 2.43 bits per heavy atom. The maximum atomic E-state index is 11.2. The molecule has 1 amide bonds. The van der Waals surface area contributed by atoms with Gasteiger partial charge >= 0.3 is 11.9 Å². The van der Waals surface area contributed by atoms with Crippen molar-refractivity contribution in [2.75, 3.05) is 13.1 Å². The molecule has 0 bridgehead atoms. The Morgan fingerprint density at radius 1 is 1.43 bits per heavy atom. The number of hydrogen-bond donors (Lipinski definition) is 1. The molecule has 0 radical (unpaired) electrons. The van der Waals surface area contributed by atoms with Crippen LogP contribution >= 0.6 is 0 Å². The van der Waals surface area contributed by atoms with Gasteiger partial charge in [-0.05, 0) is 17.8 Å². The molecular weight excluding hydrogens is 182 g/mol. The molecule has 1 N–H and O–H groups in total. The summed E-state index contributed by atoms with van der Waals surface area (Å²) < 4.78 is 0. The zero-order valence-electron chi connectivity index (χ0n) is 8.91.